The summed E-state index contributed by atoms with van der Waals surface area (Å²) in [5.74, 6) is 0.882. The van der Waals surface area contributed by atoms with Gasteiger partial charge in [-0.3, -0.25) is 4.79 Å². The van der Waals surface area contributed by atoms with E-state index in [1.807, 2.05) is 24.3 Å². The van der Waals surface area contributed by atoms with Crippen molar-refractivity contribution in [3.8, 4) is 5.75 Å². The second kappa shape index (κ2) is 8.05. The molecule has 0 unspecified atom stereocenters. The van der Waals surface area contributed by atoms with Gasteiger partial charge in [0.05, 0.1) is 13.7 Å². The molecule has 1 aliphatic rings. The fourth-order valence-electron chi connectivity index (χ4n) is 2.80. The first-order valence-corrected chi connectivity index (χ1v) is 7.70. The lowest BCUT2D eigenvalue weighted by Crippen LogP contribution is -2.34. The second-order valence-corrected chi connectivity index (χ2v) is 5.58. The SMILES string of the molecule is COc1cccc(C(=O)CNC2CCCCCCC2)c1. The lowest BCUT2D eigenvalue weighted by Gasteiger charge is -2.20. The number of carbonyl (C=O) groups excluding carboxylic acids is 1. The number of hydrogen-bond donors (Lipinski definition) is 1. The Morgan fingerprint density at radius 2 is 1.90 bits per heavy atom. The van der Waals surface area contributed by atoms with Crippen molar-refractivity contribution in [3.05, 3.63) is 29.8 Å². The molecule has 1 aromatic rings. The summed E-state index contributed by atoms with van der Waals surface area (Å²) in [6.45, 7) is 0.428. The first-order valence-electron chi connectivity index (χ1n) is 7.70. The number of Topliss-reactive ketones (excluding diaryl/α,β-unsaturated/α-hetero) is 1. The standard InChI is InChI=1S/C17H25NO2/c1-20-16-11-7-8-14(12-16)17(19)13-18-15-9-5-3-2-4-6-10-15/h7-8,11-12,15,18H,2-6,9-10,13H2,1H3. The third-order valence-electron chi connectivity index (χ3n) is 4.05. The van der Waals surface area contributed by atoms with E-state index in [-0.39, 0.29) is 5.78 Å². The van der Waals surface area contributed by atoms with Gasteiger partial charge in [-0.25, -0.2) is 0 Å². The van der Waals surface area contributed by atoms with Gasteiger partial charge < -0.3 is 10.1 Å². The normalized spacial score (nSPS) is 17.2. The highest BCUT2D eigenvalue weighted by Crippen LogP contribution is 2.17. The third-order valence-corrected chi connectivity index (χ3v) is 4.05. The van der Waals surface area contributed by atoms with E-state index in [0.717, 1.165) is 11.3 Å². The Bertz CT molecular complexity index is 423. The molecule has 0 radical (unpaired) electrons. The Hall–Kier alpha value is -1.35. The van der Waals surface area contributed by atoms with Crippen LogP contribution < -0.4 is 10.1 Å². The highest BCUT2D eigenvalue weighted by atomic mass is 16.5. The molecule has 3 nitrogen and oxygen atoms in total. The van der Waals surface area contributed by atoms with Crippen LogP contribution in [0.5, 0.6) is 5.75 Å². The zero-order valence-corrected chi connectivity index (χ0v) is 12.4. The molecule has 0 aromatic heterocycles. The molecule has 3 heteroatoms. The van der Waals surface area contributed by atoms with Crippen LogP contribution in [0, 0.1) is 0 Å². The number of carbonyl (C=O) groups is 1. The summed E-state index contributed by atoms with van der Waals surface area (Å²) in [6, 6.07) is 7.89. The number of ether oxygens (including phenoxy) is 1. The molecule has 0 heterocycles. The van der Waals surface area contributed by atoms with Crippen molar-refractivity contribution in [1.82, 2.24) is 5.32 Å². The van der Waals surface area contributed by atoms with Crippen LogP contribution in [0.15, 0.2) is 24.3 Å². The van der Waals surface area contributed by atoms with E-state index in [0.29, 0.717) is 12.6 Å². The molecule has 0 bridgehead atoms. The van der Waals surface area contributed by atoms with E-state index in [4.69, 9.17) is 4.74 Å². The number of ketones is 1. The first-order chi connectivity index (χ1) is 9.79. The summed E-state index contributed by atoms with van der Waals surface area (Å²) in [7, 11) is 1.62. The van der Waals surface area contributed by atoms with E-state index in [1.165, 1.54) is 44.9 Å². The fraction of sp³-hybridized carbons (Fsp3) is 0.588. The zero-order valence-electron chi connectivity index (χ0n) is 12.4. The van der Waals surface area contributed by atoms with Crippen molar-refractivity contribution in [2.45, 2.75) is 51.0 Å². The van der Waals surface area contributed by atoms with Gasteiger partial charge in [-0.05, 0) is 25.0 Å². The second-order valence-electron chi connectivity index (χ2n) is 5.58. The Morgan fingerprint density at radius 3 is 2.60 bits per heavy atom. The Kier molecular flexibility index (Phi) is 6.06. The molecule has 110 valence electrons. The molecule has 1 aliphatic carbocycles. The Labute approximate surface area is 121 Å². The van der Waals surface area contributed by atoms with Crippen LogP contribution in [0.3, 0.4) is 0 Å². The van der Waals surface area contributed by atoms with Crippen molar-refractivity contribution in [3.63, 3.8) is 0 Å². The first kappa shape index (κ1) is 15.0. The van der Waals surface area contributed by atoms with E-state index < -0.39 is 0 Å². The number of benzene rings is 1. The van der Waals surface area contributed by atoms with Crippen molar-refractivity contribution >= 4 is 5.78 Å². The number of methoxy groups -OCH3 is 1. The van der Waals surface area contributed by atoms with Gasteiger partial charge in [0.15, 0.2) is 5.78 Å². The summed E-state index contributed by atoms with van der Waals surface area (Å²) < 4.78 is 5.16. The minimum absolute atomic E-state index is 0.144. The predicted octanol–water partition coefficient (Wildman–Crippen LogP) is 3.58. The van der Waals surface area contributed by atoms with Gasteiger partial charge in [0.2, 0.25) is 0 Å². The fourth-order valence-corrected chi connectivity index (χ4v) is 2.80. The van der Waals surface area contributed by atoms with E-state index in [9.17, 15) is 4.79 Å². The lowest BCUT2D eigenvalue weighted by atomic mass is 9.96. The molecule has 0 aliphatic heterocycles. The maximum absolute atomic E-state index is 12.2. The van der Waals surface area contributed by atoms with Crippen LogP contribution in [0.2, 0.25) is 0 Å². The molecule has 1 N–H and O–H groups in total. The third kappa shape index (κ3) is 4.64. The summed E-state index contributed by atoms with van der Waals surface area (Å²) >= 11 is 0. The van der Waals surface area contributed by atoms with Crippen molar-refractivity contribution in [1.29, 1.82) is 0 Å². The topological polar surface area (TPSA) is 38.3 Å². The Balaban J connectivity index is 1.84. The average Bonchev–Trinajstić information content (AvgIpc) is 2.46. The van der Waals surface area contributed by atoms with Gasteiger partial charge in [0.25, 0.3) is 0 Å². The Morgan fingerprint density at radius 1 is 1.20 bits per heavy atom. The predicted molar refractivity (Wildman–Crippen MR) is 81.4 cm³/mol. The zero-order chi connectivity index (χ0) is 14.2. The molecule has 0 spiro atoms. The smallest absolute Gasteiger partial charge is 0.176 e. The summed E-state index contributed by atoms with van der Waals surface area (Å²) in [5.41, 5.74) is 0.725. The molecule has 0 saturated heterocycles. The van der Waals surface area contributed by atoms with E-state index >= 15 is 0 Å². The van der Waals surface area contributed by atoms with Gasteiger partial charge in [-0.2, -0.15) is 0 Å². The summed E-state index contributed by atoms with van der Waals surface area (Å²) in [6.07, 6.45) is 9.01. The van der Waals surface area contributed by atoms with Crippen LogP contribution >= 0.6 is 0 Å². The van der Waals surface area contributed by atoms with Crippen LogP contribution in [0.1, 0.15) is 55.3 Å². The quantitative estimate of drug-likeness (QED) is 0.835. The lowest BCUT2D eigenvalue weighted by molar-refractivity contribution is 0.0985. The van der Waals surface area contributed by atoms with Gasteiger partial charge in [-0.1, -0.05) is 44.2 Å². The van der Waals surface area contributed by atoms with E-state index in [2.05, 4.69) is 5.32 Å². The van der Waals surface area contributed by atoms with Gasteiger partial charge >= 0.3 is 0 Å². The largest absolute Gasteiger partial charge is 0.497 e. The van der Waals surface area contributed by atoms with Gasteiger partial charge in [0.1, 0.15) is 5.75 Å². The van der Waals surface area contributed by atoms with Crippen molar-refractivity contribution in [2.24, 2.45) is 0 Å². The highest BCUT2D eigenvalue weighted by molar-refractivity contribution is 5.97. The molecular formula is C17H25NO2. The van der Waals surface area contributed by atoms with Crippen LogP contribution in [0.4, 0.5) is 0 Å². The average molecular weight is 275 g/mol. The minimum Gasteiger partial charge on any atom is -0.497 e. The number of rotatable bonds is 5. The maximum atomic E-state index is 12.2. The number of hydrogen-bond acceptors (Lipinski definition) is 3. The molecule has 0 atom stereocenters. The summed E-state index contributed by atoms with van der Waals surface area (Å²) in [5, 5.41) is 3.43. The molecule has 2 rings (SSSR count). The van der Waals surface area contributed by atoms with Gasteiger partial charge in [-0.15, -0.1) is 0 Å². The maximum Gasteiger partial charge on any atom is 0.176 e. The monoisotopic (exact) mass is 275 g/mol. The molecule has 0 amide bonds. The van der Waals surface area contributed by atoms with Crippen LogP contribution in [-0.4, -0.2) is 25.5 Å². The molecule has 1 aromatic carbocycles. The van der Waals surface area contributed by atoms with Crippen molar-refractivity contribution in [2.75, 3.05) is 13.7 Å². The molecule has 1 saturated carbocycles. The van der Waals surface area contributed by atoms with Gasteiger partial charge in [0, 0.05) is 11.6 Å². The minimum atomic E-state index is 0.144. The molecular weight excluding hydrogens is 250 g/mol. The van der Waals surface area contributed by atoms with E-state index in [1.54, 1.807) is 7.11 Å². The molecule has 20 heavy (non-hydrogen) atoms. The number of nitrogens with one attached hydrogen (secondary N) is 1. The van der Waals surface area contributed by atoms with Crippen molar-refractivity contribution < 1.29 is 9.53 Å². The summed E-state index contributed by atoms with van der Waals surface area (Å²) in [4.78, 5) is 12.2. The van der Waals surface area contributed by atoms with Crippen LogP contribution in [0.25, 0.3) is 0 Å². The molecule has 1 fully saturated rings. The highest BCUT2D eigenvalue weighted by Gasteiger charge is 2.13. The van der Waals surface area contributed by atoms with Crippen LogP contribution in [-0.2, 0) is 0 Å².